The van der Waals surface area contributed by atoms with Crippen LogP contribution in [0.3, 0.4) is 0 Å². The molecule has 96 valence electrons. The van der Waals surface area contributed by atoms with Gasteiger partial charge in [-0.05, 0) is 26.0 Å². The minimum absolute atomic E-state index is 0.0253. The van der Waals surface area contributed by atoms with Crippen molar-refractivity contribution in [3.8, 4) is 0 Å². The number of carbonyl (C=O) groups excluding carboxylic acids is 1. The maximum atomic E-state index is 12.0. The van der Waals surface area contributed by atoms with E-state index in [1.165, 1.54) is 4.57 Å². The lowest BCUT2D eigenvalue weighted by atomic mass is 10.3. The molecular formula is C13H16N2O3. The van der Waals surface area contributed by atoms with E-state index in [9.17, 15) is 9.59 Å². The largest absolute Gasteiger partial charge is 0.420 e. The Labute approximate surface area is 105 Å². The van der Waals surface area contributed by atoms with Gasteiger partial charge in [-0.1, -0.05) is 12.1 Å². The molecule has 2 aromatic rings. The van der Waals surface area contributed by atoms with Crippen molar-refractivity contribution in [2.45, 2.75) is 20.4 Å². The van der Waals surface area contributed by atoms with E-state index in [0.29, 0.717) is 24.2 Å². The van der Waals surface area contributed by atoms with Gasteiger partial charge in [-0.2, -0.15) is 0 Å². The Morgan fingerprint density at radius 1 is 1.28 bits per heavy atom. The summed E-state index contributed by atoms with van der Waals surface area (Å²) in [7, 11) is 0. The second-order valence-electron chi connectivity index (χ2n) is 3.99. The van der Waals surface area contributed by atoms with Crippen LogP contribution in [0.1, 0.15) is 13.8 Å². The van der Waals surface area contributed by atoms with Gasteiger partial charge in [0.15, 0.2) is 5.58 Å². The first-order valence-electron chi connectivity index (χ1n) is 6.03. The normalized spacial score (nSPS) is 10.8. The molecule has 5 heteroatoms. The van der Waals surface area contributed by atoms with Crippen LogP contribution in [0.2, 0.25) is 0 Å². The fourth-order valence-corrected chi connectivity index (χ4v) is 1.98. The van der Waals surface area contributed by atoms with E-state index in [4.69, 9.17) is 4.42 Å². The van der Waals surface area contributed by atoms with Gasteiger partial charge in [-0.25, -0.2) is 4.79 Å². The summed E-state index contributed by atoms with van der Waals surface area (Å²) in [5.41, 5.74) is 1.16. The van der Waals surface area contributed by atoms with Crippen molar-refractivity contribution in [1.29, 1.82) is 0 Å². The van der Waals surface area contributed by atoms with Crippen molar-refractivity contribution in [3.05, 3.63) is 34.8 Å². The first-order chi connectivity index (χ1) is 8.67. The van der Waals surface area contributed by atoms with E-state index in [0.717, 1.165) is 0 Å². The Hall–Kier alpha value is -2.04. The molecule has 0 unspecified atom stereocenters. The van der Waals surface area contributed by atoms with Gasteiger partial charge >= 0.3 is 5.76 Å². The maximum absolute atomic E-state index is 12.0. The Bertz CT molecular complexity index is 608. The van der Waals surface area contributed by atoms with Crippen LogP contribution in [0.5, 0.6) is 0 Å². The number of para-hydroxylation sites is 2. The summed E-state index contributed by atoms with van der Waals surface area (Å²) in [6.07, 6.45) is 0. The fourth-order valence-electron chi connectivity index (χ4n) is 1.98. The van der Waals surface area contributed by atoms with E-state index in [1.807, 2.05) is 19.9 Å². The van der Waals surface area contributed by atoms with Crippen LogP contribution in [0, 0.1) is 0 Å². The SMILES string of the molecule is CCN(CC)C(=O)Cn1c(=O)oc2ccccc21. The predicted molar refractivity (Wildman–Crippen MR) is 68.4 cm³/mol. The van der Waals surface area contributed by atoms with Gasteiger partial charge in [-0.3, -0.25) is 9.36 Å². The number of oxazole rings is 1. The second-order valence-corrected chi connectivity index (χ2v) is 3.99. The van der Waals surface area contributed by atoms with Gasteiger partial charge < -0.3 is 9.32 Å². The molecule has 5 nitrogen and oxygen atoms in total. The van der Waals surface area contributed by atoms with Crippen molar-refractivity contribution in [1.82, 2.24) is 9.47 Å². The molecule has 1 heterocycles. The highest BCUT2D eigenvalue weighted by Gasteiger charge is 2.15. The quantitative estimate of drug-likeness (QED) is 0.823. The topological polar surface area (TPSA) is 55.5 Å². The number of hydrogen-bond acceptors (Lipinski definition) is 3. The molecule has 1 aromatic heterocycles. The molecule has 18 heavy (non-hydrogen) atoms. The smallest absolute Gasteiger partial charge is 0.408 e. The Morgan fingerprint density at radius 3 is 2.61 bits per heavy atom. The number of carbonyl (C=O) groups is 1. The number of aromatic nitrogens is 1. The lowest BCUT2D eigenvalue weighted by molar-refractivity contribution is -0.131. The zero-order valence-electron chi connectivity index (χ0n) is 10.5. The monoisotopic (exact) mass is 248 g/mol. The van der Waals surface area contributed by atoms with Crippen molar-refractivity contribution < 1.29 is 9.21 Å². The minimum atomic E-state index is -0.489. The highest BCUT2D eigenvalue weighted by Crippen LogP contribution is 2.11. The third-order valence-corrected chi connectivity index (χ3v) is 2.98. The van der Waals surface area contributed by atoms with E-state index in [2.05, 4.69) is 0 Å². The van der Waals surface area contributed by atoms with Crippen LogP contribution >= 0.6 is 0 Å². The van der Waals surface area contributed by atoms with Crippen LogP contribution in [0.4, 0.5) is 0 Å². The maximum Gasteiger partial charge on any atom is 0.420 e. The van der Waals surface area contributed by atoms with Gasteiger partial charge in [0.1, 0.15) is 6.54 Å². The van der Waals surface area contributed by atoms with Crippen LogP contribution in [-0.4, -0.2) is 28.5 Å². The minimum Gasteiger partial charge on any atom is -0.408 e. The van der Waals surface area contributed by atoms with Gasteiger partial charge in [0.25, 0.3) is 0 Å². The van der Waals surface area contributed by atoms with E-state index in [1.54, 1.807) is 23.1 Å². The molecule has 1 amide bonds. The average molecular weight is 248 g/mol. The molecule has 0 bridgehead atoms. The number of nitrogens with zero attached hydrogens (tertiary/aromatic N) is 2. The highest BCUT2D eigenvalue weighted by atomic mass is 16.4. The van der Waals surface area contributed by atoms with Crippen LogP contribution in [0.15, 0.2) is 33.5 Å². The summed E-state index contributed by atoms with van der Waals surface area (Å²) in [5.74, 6) is -0.564. The van der Waals surface area contributed by atoms with Gasteiger partial charge in [-0.15, -0.1) is 0 Å². The Kier molecular flexibility index (Phi) is 3.50. The number of fused-ring (bicyclic) bond motifs is 1. The van der Waals surface area contributed by atoms with E-state index in [-0.39, 0.29) is 12.5 Å². The number of amides is 1. The molecule has 1 aromatic carbocycles. The fraction of sp³-hybridized carbons (Fsp3) is 0.385. The van der Waals surface area contributed by atoms with E-state index >= 15 is 0 Å². The van der Waals surface area contributed by atoms with E-state index < -0.39 is 5.76 Å². The average Bonchev–Trinajstić information content (AvgIpc) is 2.68. The summed E-state index contributed by atoms with van der Waals surface area (Å²) in [4.78, 5) is 25.4. The molecule has 0 N–H and O–H groups in total. The van der Waals surface area contributed by atoms with Crippen LogP contribution in [0.25, 0.3) is 11.1 Å². The number of benzene rings is 1. The summed E-state index contributed by atoms with van der Waals surface area (Å²) < 4.78 is 6.45. The summed E-state index contributed by atoms with van der Waals surface area (Å²) in [6, 6.07) is 7.10. The summed E-state index contributed by atoms with van der Waals surface area (Å²) in [6.45, 7) is 5.13. The third kappa shape index (κ3) is 2.16. The van der Waals surface area contributed by atoms with Crippen molar-refractivity contribution >= 4 is 17.0 Å². The summed E-state index contributed by atoms with van der Waals surface area (Å²) in [5, 5.41) is 0. The Balaban J connectivity index is 2.34. The molecule has 0 aliphatic heterocycles. The Morgan fingerprint density at radius 2 is 1.94 bits per heavy atom. The molecule has 0 aliphatic carbocycles. The van der Waals surface area contributed by atoms with Gasteiger partial charge in [0.05, 0.1) is 5.52 Å². The number of hydrogen-bond donors (Lipinski definition) is 0. The summed E-state index contributed by atoms with van der Waals surface area (Å²) >= 11 is 0. The second kappa shape index (κ2) is 5.08. The zero-order chi connectivity index (χ0) is 13.1. The first kappa shape index (κ1) is 12.4. The molecule has 0 fully saturated rings. The van der Waals surface area contributed by atoms with Crippen molar-refractivity contribution in [2.75, 3.05) is 13.1 Å². The molecule has 2 rings (SSSR count). The molecule has 0 spiro atoms. The van der Waals surface area contributed by atoms with Gasteiger partial charge in [0, 0.05) is 13.1 Å². The predicted octanol–water partition coefficient (Wildman–Crippen LogP) is 1.46. The molecule has 0 radical (unpaired) electrons. The van der Waals surface area contributed by atoms with Gasteiger partial charge in [0.2, 0.25) is 5.91 Å². The first-order valence-corrected chi connectivity index (χ1v) is 6.03. The highest BCUT2D eigenvalue weighted by molar-refractivity contribution is 5.79. The molecule has 0 saturated carbocycles. The lowest BCUT2D eigenvalue weighted by Gasteiger charge is -2.18. The van der Waals surface area contributed by atoms with Crippen molar-refractivity contribution in [3.63, 3.8) is 0 Å². The third-order valence-electron chi connectivity index (χ3n) is 2.98. The molecular weight excluding hydrogens is 232 g/mol. The zero-order valence-corrected chi connectivity index (χ0v) is 10.5. The molecule has 0 atom stereocenters. The van der Waals surface area contributed by atoms with Crippen molar-refractivity contribution in [2.24, 2.45) is 0 Å². The number of rotatable bonds is 4. The molecule has 0 saturated heterocycles. The standard InChI is InChI=1S/C13H16N2O3/c1-3-14(4-2)12(16)9-15-10-7-5-6-8-11(10)18-13(15)17/h5-8H,3-4,9H2,1-2H3. The number of likely N-dealkylation sites (N-methyl/N-ethyl adjacent to an activating group) is 1. The van der Waals surface area contributed by atoms with Crippen LogP contribution < -0.4 is 5.76 Å². The lowest BCUT2D eigenvalue weighted by Crippen LogP contribution is -2.35. The van der Waals surface area contributed by atoms with Crippen LogP contribution in [-0.2, 0) is 11.3 Å². The molecule has 0 aliphatic rings.